The predicted octanol–water partition coefficient (Wildman–Crippen LogP) is 2.98. The van der Waals surface area contributed by atoms with Crippen molar-refractivity contribution in [3.05, 3.63) is 34.9 Å². The zero-order valence-electron chi connectivity index (χ0n) is 9.67. The molecule has 100 valence electrons. The summed E-state index contributed by atoms with van der Waals surface area (Å²) in [5.74, 6) is -0.873. The van der Waals surface area contributed by atoms with Crippen molar-refractivity contribution in [2.75, 3.05) is 11.1 Å². The third-order valence-electron chi connectivity index (χ3n) is 2.08. The van der Waals surface area contributed by atoms with E-state index in [0.717, 1.165) is 17.3 Å². The van der Waals surface area contributed by atoms with Crippen LogP contribution in [0.1, 0.15) is 5.56 Å². The number of nitrogens with zero attached hydrogens (tertiary/aromatic N) is 2. The SMILES string of the molecule is O=C(O)CSc1nnc(NCc2ccc(Cl)cc2)s1. The molecule has 0 bridgehead atoms. The third kappa shape index (κ3) is 4.70. The van der Waals surface area contributed by atoms with Crippen molar-refractivity contribution in [1.82, 2.24) is 10.2 Å². The first-order valence-electron chi connectivity index (χ1n) is 5.30. The topological polar surface area (TPSA) is 75.1 Å². The number of anilines is 1. The predicted molar refractivity (Wildman–Crippen MR) is 77.0 cm³/mol. The Balaban J connectivity index is 1.86. The molecule has 19 heavy (non-hydrogen) atoms. The highest BCUT2D eigenvalue weighted by molar-refractivity contribution is 8.01. The Morgan fingerprint density at radius 1 is 1.37 bits per heavy atom. The maximum absolute atomic E-state index is 10.4. The van der Waals surface area contributed by atoms with Crippen molar-refractivity contribution >= 4 is 45.8 Å². The lowest BCUT2D eigenvalue weighted by Gasteiger charge is -2.01. The molecule has 0 saturated carbocycles. The van der Waals surface area contributed by atoms with Crippen LogP contribution in [0.15, 0.2) is 28.6 Å². The van der Waals surface area contributed by atoms with Gasteiger partial charge in [0.1, 0.15) is 0 Å². The van der Waals surface area contributed by atoms with Crippen molar-refractivity contribution in [3.63, 3.8) is 0 Å². The summed E-state index contributed by atoms with van der Waals surface area (Å²) in [4.78, 5) is 10.4. The number of aliphatic carboxylic acids is 1. The summed E-state index contributed by atoms with van der Waals surface area (Å²) in [6, 6.07) is 7.51. The van der Waals surface area contributed by atoms with Crippen LogP contribution in [0.2, 0.25) is 5.02 Å². The van der Waals surface area contributed by atoms with E-state index in [1.165, 1.54) is 11.3 Å². The fraction of sp³-hybridized carbons (Fsp3) is 0.182. The Kier molecular flexibility index (Phi) is 5.00. The van der Waals surface area contributed by atoms with Crippen LogP contribution in [0.5, 0.6) is 0 Å². The van der Waals surface area contributed by atoms with Crippen LogP contribution in [0.3, 0.4) is 0 Å². The molecule has 0 radical (unpaired) electrons. The van der Waals surface area contributed by atoms with Gasteiger partial charge < -0.3 is 10.4 Å². The summed E-state index contributed by atoms with van der Waals surface area (Å²) in [5.41, 5.74) is 1.08. The number of hydrogen-bond acceptors (Lipinski definition) is 6. The lowest BCUT2D eigenvalue weighted by Crippen LogP contribution is -1.98. The molecule has 0 aliphatic heterocycles. The zero-order chi connectivity index (χ0) is 13.7. The second-order valence-electron chi connectivity index (χ2n) is 3.54. The van der Waals surface area contributed by atoms with Gasteiger partial charge in [-0.05, 0) is 17.7 Å². The summed E-state index contributed by atoms with van der Waals surface area (Å²) in [6.07, 6.45) is 0. The minimum absolute atomic E-state index is 0.00812. The number of hydrogen-bond donors (Lipinski definition) is 2. The van der Waals surface area contributed by atoms with Gasteiger partial charge in [-0.25, -0.2) is 0 Å². The summed E-state index contributed by atoms with van der Waals surface area (Å²) in [5, 5.41) is 20.9. The number of carbonyl (C=O) groups is 1. The molecule has 0 unspecified atom stereocenters. The Morgan fingerprint density at radius 2 is 2.11 bits per heavy atom. The second kappa shape index (κ2) is 6.74. The molecule has 5 nitrogen and oxygen atoms in total. The number of thioether (sulfide) groups is 1. The molecule has 0 saturated heterocycles. The number of carboxylic acids is 1. The van der Waals surface area contributed by atoms with E-state index in [2.05, 4.69) is 15.5 Å². The van der Waals surface area contributed by atoms with Crippen LogP contribution in [-0.4, -0.2) is 27.0 Å². The van der Waals surface area contributed by atoms with Gasteiger partial charge in [0.2, 0.25) is 5.13 Å². The van der Waals surface area contributed by atoms with E-state index < -0.39 is 5.97 Å². The van der Waals surface area contributed by atoms with Gasteiger partial charge >= 0.3 is 5.97 Å². The maximum Gasteiger partial charge on any atom is 0.313 e. The molecule has 2 rings (SSSR count). The van der Waals surface area contributed by atoms with Crippen LogP contribution >= 0.6 is 34.7 Å². The first-order chi connectivity index (χ1) is 9.13. The molecule has 0 aliphatic rings. The summed E-state index contributed by atoms with van der Waals surface area (Å²) < 4.78 is 0.640. The molecule has 2 aromatic rings. The van der Waals surface area contributed by atoms with Crippen molar-refractivity contribution in [2.24, 2.45) is 0 Å². The average molecular weight is 316 g/mol. The molecule has 2 N–H and O–H groups in total. The number of nitrogens with one attached hydrogen (secondary N) is 1. The van der Waals surface area contributed by atoms with E-state index in [-0.39, 0.29) is 5.75 Å². The normalized spacial score (nSPS) is 10.4. The number of benzene rings is 1. The highest BCUT2D eigenvalue weighted by atomic mass is 35.5. The quantitative estimate of drug-likeness (QED) is 0.798. The molecule has 0 spiro atoms. The van der Waals surface area contributed by atoms with Crippen LogP contribution in [0.25, 0.3) is 0 Å². The van der Waals surface area contributed by atoms with E-state index >= 15 is 0 Å². The van der Waals surface area contributed by atoms with Crippen molar-refractivity contribution in [2.45, 2.75) is 10.9 Å². The van der Waals surface area contributed by atoms with Gasteiger partial charge in [0, 0.05) is 11.6 Å². The third-order valence-corrected chi connectivity index (χ3v) is 4.33. The minimum Gasteiger partial charge on any atom is -0.481 e. The van der Waals surface area contributed by atoms with Crippen LogP contribution in [-0.2, 0) is 11.3 Å². The van der Waals surface area contributed by atoms with E-state index in [1.807, 2.05) is 24.3 Å². The van der Waals surface area contributed by atoms with Crippen molar-refractivity contribution < 1.29 is 9.90 Å². The van der Waals surface area contributed by atoms with E-state index in [4.69, 9.17) is 16.7 Å². The summed E-state index contributed by atoms with van der Waals surface area (Å²) in [6.45, 7) is 0.620. The number of rotatable bonds is 6. The molecular formula is C11H10ClN3O2S2. The lowest BCUT2D eigenvalue weighted by molar-refractivity contribution is -0.133. The number of halogens is 1. The first kappa shape index (κ1) is 14.1. The molecule has 1 aromatic carbocycles. The fourth-order valence-electron chi connectivity index (χ4n) is 1.24. The van der Waals surface area contributed by atoms with Crippen LogP contribution in [0.4, 0.5) is 5.13 Å². The van der Waals surface area contributed by atoms with Crippen molar-refractivity contribution in [1.29, 1.82) is 0 Å². The largest absolute Gasteiger partial charge is 0.481 e. The Bertz CT molecular complexity index is 559. The van der Waals surface area contributed by atoms with Gasteiger partial charge in [-0.3, -0.25) is 4.79 Å². The molecule has 0 amide bonds. The maximum atomic E-state index is 10.4. The molecule has 8 heteroatoms. The molecule has 1 heterocycles. The molecule has 0 fully saturated rings. The van der Waals surface area contributed by atoms with Crippen molar-refractivity contribution in [3.8, 4) is 0 Å². The van der Waals surface area contributed by atoms with E-state index in [9.17, 15) is 4.79 Å². The second-order valence-corrected chi connectivity index (χ2v) is 6.17. The standard InChI is InChI=1S/C11H10ClN3O2S2/c12-8-3-1-7(2-4-8)5-13-10-14-15-11(19-10)18-6-9(16)17/h1-4H,5-6H2,(H,13,14)(H,16,17). The van der Waals surface area contributed by atoms with Gasteiger partial charge in [0.05, 0.1) is 5.75 Å². The van der Waals surface area contributed by atoms with Gasteiger partial charge in [0.25, 0.3) is 0 Å². The fourth-order valence-corrected chi connectivity index (χ4v) is 2.84. The molecule has 0 atom stereocenters. The van der Waals surface area contributed by atoms with Gasteiger partial charge in [-0.2, -0.15) is 0 Å². The van der Waals surface area contributed by atoms with Gasteiger partial charge in [-0.15, -0.1) is 10.2 Å². The number of carboxylic acid groups (broad SMARTS) is 1. The Hall–Kier alpha value is -1.31. The highest BCUT2D eigenvalue weighted by Gasteiger charge is 2.06. The van der Waals surface area contributed by atoms with E-state index in [1.54, 1.807) is 0 Å². The zero-order valence-corrected chi connectivity index (χ0v) is 12.1. The van der Waals surface area contributed by atoms with Crippen LogP contribution < -0.4 is 5.32 Å². The Labute approximate surface area is 123 Å². The van der Waals surface area contributed by atoms with E-state index in [0.29, 0.717) is 21.0 Å². The molecule has 1 aromatic heterocycles. The molecular weight excluding hydrogens is 306 g/mol. The first-order valence-corrected chi connectivity index (χ1v) is 7.48. The van der Waals surface area contributed by atoms with Crippen LogP contribution in [0, 0.1) is 0 Å². The number of aromatic nitrogens is 2. The average Bonchev–Trinajstić information content (AvgIpc) is 2.84. The highest BCUT2D eigenvalue weighted by Crippen LogP contribution is 2.25. The monoisotopic (exact) mass is 315 g/mol. The molecule has 0 aliphatic carbocycles. The minimum atomic E-state index is -0.865. The summed E-state index contributed by atoms with van der Waals surface area (Å²) in [7, 11) is 0. The lowest BCUT2D eigenvalue weighted by atomic mass is 10.2. The Morgan fingerprint density at radius 3 is 2.79 bits per heavy atom. The summed E-state index contributed by atoms with van der Waals surface area (Å²) >= 11 is 8.30. The van der Waals surface area contributed by atoms with Gasteiger partial charge in [-0.1, -0.05) is 46.8 Å². The van der Waals surface area contributed by atoms with Gasteiger partial charge in [0.15, 0.2) is 4.34 Å². The smallest absolute Gasteiger partial charge is 0.313 e.